The van der Waals surface area contributed by atoms with Crippen molar-refractivity contribution in [2.75, 3.05) is 18.5 Å². The fourth-order valence-corrected chi connectivity index (χ4v) is 6.22. The second-order valence-corrected chi connectivity index (χ2v) is 13.8. The molecule has 0 unspecified atom stereocenters. The van der Waals surface area contributed by atoms with Gasteiger partial charge in [0.25, 0.3) is 5.91 Å². The molecule has 5 heterocycles. The van der Waals surface area contributed by atoms with E-state index in [2.05, 4.69) is 20.7 Å². The number of amides is 3. The number of fused-ring (bicyclic) bond motifs is 2. The molecule has 43 heavy (non-hydrogen) atoms. The molecule has 0 bridgehead atoms. The largest absolute Gasteiger partial charge is 0.444 e. The van der Waals surface area contributed by atoms with E-state index in [1.165, 1.54) is 11.3 Å². The summed E-state index contributed by atoms with van der Waals surface area (Å²) in [4.78, 5) is 46.2. The number of carbonyl (C=O) groups excluding carboxylic acids is 3. The van der Waals surface area contributed by atoms with Crippen molar-refractivity contribution in [2.45, 2.75) is 84.7 Å². The van der Waals surface area contributed by atoms with Crippen LogP contribution in [0.25, 0.3) is 20.8 Å². The minimum Gasteiger partial charge on any atom is -0.444 e. The lowest BCUT2D eigenvalue weighted by atomic mass is 10.0. The summed E-state index contributed by atoms with van der Waals surface area (Å²) < 4.78 is 34.4. The molecule has 14 heteroatoms. The molecular formula is C29H37FN6O6S. The molecule has 2 aliphatic rings. The molecule has 0 aliphatic carbocycles. The van der Waals surface area contributed by atoms with Gasteiger partial charge in [-0.05, 0) is 61.0 Å². The Morgan fingerprint density at radius 1 is 1.14 bits per heavy atom. The van der Waals surface area contributed by atoms with Crippen molar-refractivity contribution in [3.05, 3.63) is 28.7 Å². The van der Waals surface area contributed by atoms with Gasteiger partial charge in [-0.25, -0.2) is 23.9 Å². The van der Waals surface area contributed by atoms with Crippen LogP contribution < -0.4 is 10.6 Å². The van der Waals surface area contributed by atoms with E-state index < -0.39 is 47.2 Å². The lowest BCUT2D eigenvalue weighted by Crippen LogP contribution is -2.53. The Balaban J connectivity index is 1.55. The van der Waals surface area contributed by atoms with Crippen molar-refractivity contribution in [3.8, 4) is 10.6 Å². The summed E-state index contributed by atoms with van der Waals surface area (Å²) >= 11 is 1.37. The number of pyridine rings is 1. The number of nitrogens with one attached hydrogen (secondary N) is 2. The maximum atomic E-state index is 16.2. The van der Waals surface area contributed by atoms with Crippen LogP contribution in [0.3, 0.4) is 0 Å². The van der Waals surface area contributed by atoms with Crippen LogP contribution in [0.15, 0.2) is 6.07 Å². The summed E-state index contributed by atoms with van der Waals surface area (Å²) in [7, 11) is 1.82. The third kappa shape index (κ3) is 6.30. The standard InChI is InChI=1S/C29H37FN6O6S/c1-14-15-11-19(43-25(15)35(8)34-14)22-20-16(12-36(24(20)37)27(39)42-29(5,6)7)21(30)23(33-22)31-17-9-10-40-13-18(17)32-26(38)41-28(2,3)4/h11,17-18H,9-10,12-13H2,1-8H3,(H,31,33)(H,32,38)/t17-,18+/m1/s1. The van der Waals surface area contributed by atoms with E-state index in [4.69, 9.17) is 14.2 Å². The van der Waals surface area contributed by atoms with Crippen LogP contribution in [-0.2, 0) is 27.8 Å². The smallest absolute Gasteiger partial charge is 0.417 e. The highest BCUT2D eigenvalue weighted by Gasteiger charge is 2.41. The molecule has 5 rings (SSSR count). The molecule has 0 radical (unpaired) electrons. The molecule has 3 aromatic heterocycles. The second-order valence-electron chi connectivity index (χ2n) is 12.8. The molecule has 3 aromatic rings. The van der Waals surface area contributed by atoms with Gasteiger partial charge in [-0.1, -0.05) is 0 Å². The van der Waals surface area contributed by atoms with Gasteiger partial charge < -0.3 is 24.8 Å². The molecule has 2 N–H and O–H groups in total. The van der Waals surface area contributed by atoms with Crippen LogP contribution in [0.1, 0.15) is 69.6 Å². The Morgan fingerprint density at radius 3 is 2.49 bits per heavy atom. The van der Waals surface area contributed by atoms with Gasteiger partial charge in [0.05, 0.1) is 47.1 Å². The summed E-state index contributed by atoms with van der Waals surface area (Å²) in [6.07, 6.45) is -1.04. The number of thiophene rings is 1. The Kier molecular flexibility index (Phi) is 7.88. The predicted octanol–water partition coefficient (Wildman–Crippen LogP) is 5.13. The fourth-order valence-electron chi connectivity index (χ4n) is 5.10. The van der Waals surface area contributed by atoms with Crippen molar-refractivity contribution in [1.29, 1.82) is 0 Å². The van der Waals surface area contributed by atoms with Crippen LogP contribution in [0, 0.1) is 12.7 Å². The first kappa shape index (κ1) is 30.7. The van der Waals surface area contributed by atoms with E-state index in [1.807, 2.05) is 20.0 Å². The molecule has 12 nitrogen and oxygen atoms in total. The van der Waals surface area contributed by atoms with Gasteiger partial charge >= 0.3 is 12.2 Å². The fraction of sp³-hybridized carbons (Fsp3) is 0.552. The molecular weight excluding hydrogens is 579 g/mol. The summed E-state index contributed by atoms with van der Waals surface area (Å²) in [5.74, 6) is -1.53. The van der Waals surface area contributed by atoms with Crippen LogP contribution in [0.5, 0.6) is 0 Å². The maximum Gasteiger partial charge on any atom is 0.417 e. The summed E-state index contributed by atoms with van der Waals surface area (Å²) in [6.45, 7) is 12.5. The first-order chi connectivity index (χ1) is 20.0. The number of hydrogen-bond donors (Lipinski definition) is 2. The molecule has 1 saturated heterocycles. The number of imide groups is 1. The Morgan fingerprint density at radius 2 is 1.84 bits per heavy atom. The number of hydrogen-bond acceptors (Lipinski definition) is 10. The number of aromatic nitrogens is 3. The zero-order valence-electron chi connectivity index (χ0n) is 25.6. The van der Waals surface area contributed by atoms with Crippen molar-refractivity contribution < 1.29 is 33.0 Å². The number of alkyl carbamates (subject to hydrolysis) is 1. The quantitative estimate of drug-likeness (QED) is 0.409. The van der Waals surface area contributed by atoms with Gasteiger partial charge in [-0.2, -0.15) is 5.10 Å². The lowest BCUT2D eigenvalue weighted by molar-refractivity contribution is 0.0246. The van der Waals surface area contributed by atoms with E-state index in [9.17, 15) is 14.4 Å². The third-order valence-electron chi connectivity index (χ3n) is 6.93. The summed E-state index contributed by atoms with van der Waals surface area (Å²) in [5.41, 5.74) is -0.444. The van der Waals surface area contributed by atoms with Crippen molar-refractivity contribution in [1.82, 2.24) is 25.0 Å². The van der Waals surface area contributed by atoms with Gasteiger partial charge in [0, 0.05) is 24.6 Å². The van der Waals surface area contributed by atoms with E-state index in [0.717, 1.165) is 20.8 Å². The van der Waals surface area contributed by atoms with E-state index in [0.29, 0.717) is 17.9 Å². The first-order valence-corrected chi connectivity index (χ1v) is 14.9. The zero-order chi connectivity index (χ0) is 31.4. The van der Waals surface area contributed by atoms with Gasteiger partial charge in [0.2, 0.25) is 0 Å². The first-order valence-electron chi connectivity index (χ1n) is 14.1. The molecule has 2 atom stereocenters. The minimum absolute atomic E-state index is 0.0153. The SMILES string of the molecule is Cc1nn(C)c2sc(-c3nc(N[C@@H]4CCOC[C@@H]4NC(=O)OC(C)(C)C)c(F)c4c3C(=O)N(C(=O)OC(C)(C)C)C4)cc12. The molecule has 0 spiro atoms. The monoisotopic (exact) mass is 616 g/mol. The average Bonchev–Trinajstić information content (AvgIpc) is 3.54. The topological polar surface area (TPSA) is 137 Å². The number of anilines is 1. The Hall–Kier alpha value is -3.78. The number of halogens is 1. The third-order valence-corrected chi connectivity index (χ3v) is 8.14. The number of carbonyl (C=O) groups is 3. The normalized spacial score (nSPS) is 19.0. The molecule has 232 valence electrons. The average molecular weight is 617 g/mol. The number of rotatable bonds is 4. The highest BCUT2D eigenvalue weighted by Crippen LogP contribution is 2.41. The predicted molar refractivity (Wildman–Crippen MR) is 159 cm³/mol. The Labute approximate surface area is 252 Å². The number of ether oxygens (including phenoxy) is 3. The second kappa shape index (κ2) is 11.1. The van der Waals surface area contributed by atoms with E-state index in [-0.39, 0.29) is 35.8 Å². The van der Waals surface area contributed by atoms with Gasteiger partial charge in [0.1, 0.15) is 16.0 Å². The van der Waals surface area contributed by atoms with Crippen molar-refractivity contribution in [3.63, 3.8) is 0 Å². The van der Waals surface area contributed by atoms with Crippen LogP contribution in [0.4, 0.5) is 19.8 Å². The summed E-state index contributed by atoms with van der Waals surface area (Å²) in [6, 6.07) is 0.874. The number of aryl methyl sites for hydroxylation is 2. The van der Waals surface area contributed by atoms with Gasteiger partial charge in [-0.3, -0.25) is 9.48 Å². The highest BCUT2D eigenvalue weighted by atomic mass is 32.1. The molecule has 3 amide bonds. The molecule has 1 fully saturated rings. The number of nitrogens with zero attached hydrogens (tertiary/aromatic N) is 4. The summed E-state index contributed by atoms with van der Waals surface area (Å²) in [5, 5.41) is 11.3. The lowest BCUT2D eigenvalue weighted by Gasteiger charge is -2.33. The zero-order valence-corrected chi connectivity index (χ0v) is 26.4. The maximum absolute atomic E-state index is 16.2. The van der Waals surface area contributed by atoms with Crippen LogP contribution >= 0.6 is 11.3 Å². The highest BCUT2D eigenvalue weighted by molar-refractivity contribution is 7.22. The van der Waals surface area contributed by atoms with E-state index in [1.54, 1.807) is 46.2 Å². The van der Waals surface area contributed by atoms with E-state index >= 15 is 4.39 Å². The molecule has 0 aromatic carbocycles. The van der Waals surface area contributed by atoms with Gasteiger partial charge in [-0.15, -0.1) is 11.3 Å². The van der Waals surface area contributed by atoms with Crippen LogP contribution in [-0.4, -0.2) is 74.3 Å². The van der Waals surface area contributed by atoms with Crippen molar-refractivity contribution >= 4 is 45.5 Å². The minimum atomic E-state index is -0.865. The van der Waals surface area contributed by atoms with Crippen molar-refractivity contribution in [2.24, 2.45) is 7.05 Å². The van der Waals surface area contributed by atoms with Gasteiger partial charge in [0.15, 0.2) is 11.6 Å². The molecule has 0 saturated carbocycles. The molecule has 2 aliphatic heterocycles. The Bertz CT molecular complexity index is 1570. The van der Waals surface area contributed by atoms with Crippen LogP contribution in [0.2, 0.25) is 0 Å².